The molecule has 0 unspecified atom stereocenters. The van der Waals surface area contributed by atoms with Crippen molar-refractivity contribution >= 4 is 29.3 Å². The van der Waals surface area contributed by atoms with Gasteiger partial charge in [0.2, 0.25) is 5.78 Å². The van der Waals surface area contributed by atoms with Crippen LogP contribution in [0.2, 0.25) is 0 Å². The van der Waals surface area contributed by atoms with Crippen molar-refractivity contribution in [1.82, 2.24) is 4.98 Å². The molecule has 0 spiro atoms. The summed E-state index contributed by atoms with van der Waals surface area (Å²) < 4.78 is 6.12. The Hall–Kier alpha value is -2.66. The molecular formula is C18H15NO3S. The summed E-state index contributed by atoms with van der Waals surface area (Å²) in [4.78, 5) is 26.7. The second kappa shape index (κ2) is 6.22. The molecule has 4 nitrogen and oxygen atoms in total. The Morgan fingerprint density at radius 3 is 2.74 bits per heavy atom. The van der Waals surface area contributed by atoms with Crippen LogP contribution >= 0.6 is 11.3 Å². The standard InChI is InChI=1S/C18H15NO3S/c1-11-5-6-13(8-12(11)2)9-16-18(21)19-17(23-16)10-14(20)15-4-3-7-22-15/h3-10H,1-2H3,(H,19,21). The van der Waals surface area contributed by atoms with Crippen molar-refractivity contribution in [2.24, 2.45) is 0 Å². The normalized spacial score (nSPS) is 12.8. The number of furan rings is 1. The highest BCUT2D eigenvalue weighted by Crippen LogP contribution is 2.10. The molecule has 0 saturated heterocycles. The van der Waals surface area contributed by atoms with E-state index >= 15 is 0 Å². The number of ketones is 1. The largest absolute Gasteiger partial charge is 0.461 e. The molecule has 0 bridgehead atoms. The third kappa shape index (κ3) is 3.40. The monoisotopic (exact) mass is 325 g/mol. The topological polar surface area (TPSA) is 63.1 Å². The number of aromatic nitrogens is 1. The van der Waals surface area contributed by atoms with E-state index in [0.29, 0.717) is 9.20 Å². The van der Waals surface area contributed by atoms with Crippen LogP contribution in [-0.4, -0.2) is 10.8 Å². The lowest BCUT2D eigenvalue weighted by Crippen LogP contribution is -2.20. The first-order valence-electron chi connectivity index (χ1n) is 7.10. The van der Waals surface area contributed by atoms with Gasteiger partial charge in [0.05, 0.1) is 15.5 Å². The van der Waals surface area contributed by atoms with E-state index in [0.717, 1.165) is 5.56 Å². The summed E-state index contributed by atoms with van der Waals surface area (Å²) >= 11 is 1.25. The fourth-order valence-electron chi connectivity index (χ4n) is 2.14. The predicted octanol–water partition coefficient (Wildman–Crippen LogP) is 2.14. The van der Waals surface area contributed by atoms with Gasteiger partial charge < -0.3 is 9.40 Å². The number of rotatable bonds is 3. The molecule has 0 aliphatic carbocycles. The van der Waals surface area contributed by atoms with E-state index in [1.807, 2.05) is 38.1 Å². The molecule has 0 aliphatic heterocycles. The van der Waals surface area contributed by atoms with Gasteiger partial charge in [0.1, 0.15) is 0 Å². The first-order valence-corrected chi connectivity index (χ1v) is 7.92. The number of carbonyl (C=O) groups excluding carboxylic acids is 1. The molecule has 0 amide bonds. The Labute approximate surface area is 136 Å². The summed E-state index contributed by atoms with van der Waals surface area (Å²) in [6, 6.07) is 9.27. The molecule has 116 valence electrons. The molecule has 2 aromatic heterocycles. The van der Waals surface area contributed by atoms with E-state index in [-0.39, 0.29) is 17.1 Å². The average molecular weight is 325 g/mol. The van der Waals surface area contributed by atoms with Crippen LogP contribution in [0.25, 0.3) is 12.2 Å². The van der Waals surface area contributed by atoms with Gasteiger partial charge in [-0.1, -0.05) is 18.2 Å². The van der Waals surface area contributed by atoms with Crippen molar-refractivity contribution in [3.8, 4) is 0 Å². The van der Waals surface area contributed by atoms with E-state index in [9.17, 15) is 9.59 Å². The third-order valence-corrected chi connectivity index (χ3v) is 4.50. The van der Waals surface area contributed by atoms with Gasteiger partial charge in [0.15, 0.2) is 5.76 Å². The maximum atomic E-state index is 12.0. The number of aromatic amines is 1. The van der Waals surface area contributed by atoms with Crippen molar-refractivity contribution in [3.63, 3.8) is 0 Å². The zero-order chi connectivity index (χ0) is 16.4. The van der Waals surface area contributed by atoms with Crippen LogP contribution in [0, 0.1) is 13.8 Å². The van der Waals surface area contributed by atoms with Crippen molar-refractivity contribution in [3.05, 3.63) is 78.6 Å². The molecule has 2 heterocycles. The number of benzene rings is 1. The van der Waals surface area contributed by atoms with Crippen molar-refractivity contribution < 1.29 is 9.21 Å². The van der Waals surface area contributed by atoms with Crippen LogP contribution < -0.4 is 14.8 Å². The highest BCUT2D eigenvalue weighted by Gasteiger charge is 2.05. The lowest BCUT2D eigenvalue weighted by atomic mass is 10.1. The molecule has 0 fully saturated rings. The van der Waals surface area contributed by atoms with Gasteiger partial charge in [-0.25, -0.2) is 0 Å². The van der Waals surface area contributed by atoms with Gasteiger partial charge in [-0.3, -0.25) is 9.59 Å². The summed E-state index contributed by atoms with van der Waals surface area (Å²) in [5, 5.41) is 0. The van der Waals surface area contributed by atoms with Crippen LogP contribution in [0.15, 0.2) is 45.8 Å². The van der Waals surface area contributed by atoms with E-state index in [4.69, 9.17) is 4.42 Å². The quantitative estimate of drug-likeness (QED) is 0.751. The Balaban J connectivity index is 2.01. The minimum absolute atomic E-state index is 0.202. The highest BCUT2D eigenvalue weighted by atomic mass is 32.1. The second-order valence-corrected chi connectivity index (χ2v) is 6.34. The maximum absolute atomic E-state index is 12.0. The molecule has 23 heavy (non-hydrogen) atoms. The predicted molar refractivity (Wildman–Crippen MR) is 91.2 cm³/mol. The molecule has 3 rings (SSSR count). The lowest BCUT2D eigenvalue weighted by Gasteiger charge is -1.99. The van der Waals surface area contributed by atoms with Crippen LogP contribution in [-0.2, 0) is 0 Å². The minimum Gasteiger partial charge on any atom is -0.461 e. The Bertz CT molecular complexity index is 1020. The first kappa shape index (κ1) is 15.2. The molecule has 1 N–H and O–H groups in total. The molecule has 1 aromatic carbocycles. The van der Waals surface area contributed by atoms with Gasteiger partial charge >= 0.3 is 0 Å². The number of nitrogens with one attached hydrogen (secondary N) is 1. The number of hydrogen-bond acceptors (Lipinski definition) is 4. The van der Waals surface area contributed by atoms with Crippen LogP contribution in [0.3, 0.4) is 0 Å². The number of aryl methyl sites for hydroxylation is 2. The van der Waals surface area contributed by atoms with E-state index in [1.54, 1.807) is 12.1 Å². The maximum Gasteiger partial charge on any atom is 0.266 e. The summed E-state index contributed by atoms with van der Waals surface area (Å²) in [6.07, 6.45) is 4.64. The van der Waals surface area contributed by atoms with Gasteiger partial charge in [-0.15, -0.1) is 11.3 Å². The molecular weight excluding hydrogens is 310 g/mol. The van der Waals surface area contributed by atoms with Crippen molar-refractivity contribution in [2.45, 2.75) is 13.8 Å². The van der Waals surface area contributed by atoms with Crippen molar-refractivity contribution in [2.75, 3.05) is 0 Å². The Kier molecular flexibility index (Phi) is 4.12. The fourth-order valence-corrected chi connectivity index (χ4v) is 3.02. The Morgan fingerprint density at radius 1 is 1.22 bits per heavy atom. The van der Waals surface area contributed by atoms with Gasteiger partial charge in [0.25, 0.3) is 5.56 Å². The number of thiazole rings is 1. The summed E-state index contributed by atoms with van der Waals surface area (Å²) in [5.74, 6) is -0.0239. The Morgan fingerprint density at radius 2 is 2.04 bits per heavy atom. The zero-order valence-corrected chi connectivity index (χ0v) is 13.6. The van der Waals surface area contributed by atoms with Gasteiger partial charge in [-0.05, 0) is 48.7 Å². The molecule has 5 heteroatoms. The first-order chi connectivity index (χ1) is 11.0. The molecule has 0 saturated carbocycles. The molecule has 3 aromatic rings. The lowest BCUT2D eigenvalue weighted by molar-refractivity contribution is 0.103. The third-order valence-electron chi connectivity index (χ3n) is 3.54. The smallest absolute Gasteiger partial charge is 0.266 e. The van der Waals surface area contributed by atoms with Gasteiger partial charge in [0, 0.05) is 6.08 Å². The summed E-state index contributed by atoms with van der Waals surface area (Å²) in [6.45, 7) is 4.08. The number of H-pyrrole nitrogens is 1. The van der Waals surface area contributed by atoms with Crippen molar-refractivity contribution in [1.29, 1.82) is 0 Å². The zero-order valence-electron chi connectivity index (χ0n) is 12.8. The average Bonchev–Trinajstić information content (AvgIpc) is 3.14. The van der Waals surface area contributed by atoms with Gasteiger partial charge in [-0.2, -0.15) is 0 Å². The summed E-state index contributed by atoms with van der Waals surface area (Å²) in [5.41, 5.74) is 3.14. The number of Topliss-reactive ketones (excluding diaryl/α,β-unsaturated/α-hetero) is 1. The van der Waals surface area contributed by atoms with E-state index in [1.165, 1.54) is 34.8 Å². The summed E-state index contributed by atoms with van der Waals surface area (Å²) in [7, 11) is 0. The molecule has 0 aliphatic rings. The van der Waals surface area contributed by atoms with Crippen LogP contribution in [0.4, 0.5) is 0 Å². The van der Waals surface area contributed by atoms with E-state index < -0.39 is 0 Å². The van der Waals surface area contributed by atoms with Crippen LogP contribution in [0.1, 0.15) is 27.2 Å². The second-order valence-electron chi connectivity index (χ2n) is 5.26. The fraction of sp³-hybridized carbons (Fsp3) is 0.111. The highest BCUT2D eigenvalue weighted by molar-refractivity contribution is 7.07. The number of hydrogen-bond donors (Lipinski definition) is 1. The minimum atomic E-state index is -0.273. The molecule has 0 atom stereocenters. The number of carbonyl (C=O) groups is 1. The van der Waals surface area contributed by atoms with Crippen LogP contribution in [0.5, 0.6) is 0 Å². The van der Waals surface area contributed by atoms with E-state index in [2.05, 4.69) is 4.98 Å². The molecule has 0 radical (unpaired) electrons. The SMILES string of the molecule is Cc1ccc(C=c2sc(=CC(=O)c3ccco3)[nH]c2=O)cc1C.